The number of benzene rings is 2. The van der Waals surface area contributed by atoms with Gasteiger partial charge in [0.05, 0.1) is 11.9 Å². The van der Waals surface area contributed by atoms with Crippen LogP contribution >= 0.6 is 0 Å². The van der Waals surface area contributed by atoms with Crippen molar-refractivity contribution in [3.05, 3.63) is 60.2 Å². The summed E-state index contributed by atoms with van der Waals surface area (Å²) < 4.78 is 0. The number of fused-ring (bicyclic) bond motifs is 1. The smallest absolute Gasteiger partial charge is 0.164 e. The molecule has 5 heteroatoms. The van der Waals surface area contributed by atoms with E-state index in [-0.39, 0.29) is 0 Å². The van der Waals surface area contributed by atoms with Gasteiger partial charge >= 0.3 is 0 Å². The zero-order chi connectivity index (χ0) is 17.2. The van der Waals surface area contributed by atoms with Crippen molar-refractivity contribution < 1.29 is 24.6 Å². The zero-order valence-corrected chi connectivity index (χ0v) is 12.5. The lowest BCUT2D eigenvalue weighted by Gasteiger charge is -2.32. The molecule has 2 aromatic rings. The van der Waals surface area contributed by atoms with E-state index >= 15 is 0 Å². The molecule has 2 aromatic carbocycles. The number of carbonyl (C=O) groups excluding carboxylic acids is 3. The minimum Gasteiger partial charge on any atom is -0.549 e. The van der Waals surface area contributed by atoms with Crippen molar-refractivity contribution >= 4 is 28.5 Å². The van der Waals surface area contributed by atoms with Gasteiger partial charge in [0.2, 0.25) is 0 Å². The number of carbonyl (C=O) groups is 3. The van der Waals surface area contributed by atoms with E-state index in [1.54, 1.807) is 18.2 Å². The summed E-state index contributed by atoms with van der Waals surface area (Å²) in [5, 5.41) is 24.0. The van der Waals surface area contributed by atoms with Gasteiger partial charge in [-0.1, -0.05) is 43.0 Å². The van der Waals surface area contributed by atoms with Crippen molar-refractivity contribution in [2.45, 2.75) is 13.3 Å². The first-order chi connectivity index (χ1) is 10.8. The highest BCUT2D eigenvalue weighted by Crippen LogP contribution is 2.31. The number of aliphatic carboxylic acids is 2. The number of carboxylic acid groups (broad SMARTS) is 2. The molecule has 0 spiro atoms. The molecule has 1 atom stereocenters. The highest BCUT2D eigenvalue weighted by molar-refractivity contribution is 6.04. The van der Waals surface area contributed by atoms with Crippen LogP contribution in [-0.2, 0) is 9.59 Å². The fraction of sp³-hybridized carbons (Fsp3) is 0.167. The lowest BCUT2D eigenvalue weighted by Crippen LogP contribution is -2.47. The van der Waals surface area contributed by atoms with Gasteiger partial charge in [0.25, 0.3) is 0 Å². The Labute approximate surface area is 132 Å². The van der Waals surface area contributed by atoms with Crippen LogP contribution in [0, 0.1) is 5.41 Å². The van der Waals surface area contributed by atoms with Crippen LogP contribution in [0.3, 0.4) is 0 Å². The van der Waals surface area contributed by atoms with Crippen molar-refractivity contribution in [2.75, 3.05) is 0 Å². The van der Waals surface area contributed by atoms with Gasteiger partial charge in [-0.3, -0.25) is 4.79 Å². The first-order valence-electron chi connectivity index (χ1n) is 6.90. The Morgan fingerprint density at radius 1 is 1.04 bits per heavy atom. The molecule has 0 bridgehead atoms. The summed E-state index contributed by atoms with van der Waals surface area (Å²) in [4.78, 5) is 34.7. The number of rotatable bonds is 6. The second-order valence-electron chi connectivity index (χ2n) is 5.55. The molecule has 0 aromatic heterocycles. The molecular weight excluding hydrogens is 296 g/mol. The minimum atomic E-state index is -2.03. The summed E-state index contributed by atoms with van der Waals surface area (Å²) >= 11 is 0. The van der Waals surface area contributed by atoms with Gasteiger partial charge in [-0.15, -0.1) is 0 Å². The Morgan fingerprint density at radius 2 is 1.65 bits per heavy atom. The largest absolute Gasteiger partial charge is 0.549 e. The molecule has 0 amide bonds. The SMILES string of the molecule is C=C(C(=O)[O-])C(C)(CC(=O)c1ccc2ccccc2c1)C(=O)[O-]. The maximum atomic E-state index is 12.4. The maximum absolute atomic E-state index is 12.4. The summed E-state index contributed by atoms with van der Waals surface area (Å²) in [6, 6.07) is 12.3. The summed E-state index contributed by atoms with van der Waals surface area (Å²) in [5.74, 6) is -3.91. The van der Waals surface area contributed by atoms with Gasteiger partial charge in [-0.25, -0.2) is 0 Å². The van der Waals surface area contributed by atoms with Crippen molar-refractivity contribution in [3.63, 3.8) is 0 Å². The van der Waals surface area contributed by atoms with Crippen molar-refractivity contribution in [1.82, 2.24) is 0 Å². The Balaban J connectivity index is 2.36. The fourth-order valence-electron chi connectivity index (χ4n) is 2.31. The topological polar surface area (TPSA) is 97.3 Å². The summed E-state index contributed by atoms with van der Waals surface area (Å²) in [7, 11) is 0. The first-order valence-corrected chi connectivity index (χ1v) is 6.90. The molecule has 2 rings (SSSR count). The lowest BCUT2D eigenvalue weighted by molar-refractivity contribution is -0.320. The van der Waals surface area contributed by atoms with Gasteiger partial charge in [-0.2, -0.15) is 0 Å². The molecule has 0 radical (unpaired) electrons. The van der Waals surface area contributed by atoms with E-state index in [1.165, 1.54) is 0 Å². The lowest BCUT2D eigenvalue weighted by atomic mass is 9.77. The van der Waals surface area contributed by atoms with Gasteiger partial charge in [0.1, 0.15) is 0 Å². The van der Waals surface area contributed by atoms with Crippen LogP contribution < -0.4 is 10.2 Å². The first kappa shape index (κ1) is 16.4. The quantitative estimate of drug-likeness (QED) is 0.571. The molecule has 0 heterocycles. The summed E-state index contributed by atoms with van der Waals surface area (Å²) in [5.41, 5.74) is -2.42. The minimum absolute atomic E-state index is 0.294. The van der Waals surface area contributed by atoms with Gasteiger partial charge in [0.15, 0.2) is 5.78 Å². The van der Waals surface area contributed by atoms with Crippen LogP contribution in [0.2, 0.25) is 0 Å². The Hall–Kier alpha value is -2.95. The fourth-order valence-corrected chi connectivity index (χ4v) is 2.31. The van der Waals surface area contributed by atoms with Crippen LogP contribution in [0.1, 0.15) is 23.7 Å². The second kappa shape index (κ2) is 6.04. The van der Waals surface area contributed by atoms with E-state index in [1.807, 2.05) is 24.3 Å². The molecule has 118 valence electrons. The standard InChI is InChI=1S/C18H16O5/c1-11(16(20)21)18(2,17(22)23)10-15(19)14-8-7-12-5-3-4-6-13(12)9-14/h3-9H,1,10H2,2H3,(H,20,21)(H,22,23)/p-2. The third-order valence-corrected chi connectivity index (χ3v) is 3.95. The summed E-state index contributed by atoms with van der Waals surface area (Å²) in [6.07, 6.45) is -0.569. The van der Waals surface area contributed by atoms with E-state index in [0.717, 1.165) is 17.7 Å². The second-order valence-corrected chi connectivity index (χ2v) is 5.55. The molecule has 0 aliphatic rings. The molecule has 23 heavy (non-hydrogen) atoms. The average molecular weight is 310 g/mol. The molecule has 0 aliphatic carbocycles. The molecule has 0 fully saturated rings. The number of carboxylic acids is 2. The van der Waals surface area contributed by atoms with Crippen molar-refractivity contribution in [2.24, 2.45) is 5.41 Å². The van der Waals surface area contributed by atoms with E-state index in [9.17, 15) is 24.6 Å². The average Bonchev–Trinajstić information content (AvgIpc) is 2.53. The van der Waals surface area contributed by atoms with E-state index in [0.29, 0.717) is 5.56 Å². The summed E-state index contributed by atoms with van der Waals surface area (Å²) in [6.45, 7) is 4.31. The van der Waals surface area contributed by atoms with Crippen LogP contribution in [-0.4, -0.2) is 17.7 Å². The predicted molar refractivity (Wildman–Crippen MR) is 80.2 cm³/mol. The monoisotopic (exact) mass is 310 g/mol. The zero-order valence-electron chi connectivity index (χ0n) is 12.5. The molecule has 0 aliphatic heterocycles. The van der Waals surface area contributed by atoms with E-state index in [4.69, 9.17) is 0 Å². The molecular formula is C18H14O5-2. The highest BCUT2D eigenvalue weighted by atomic mass is 16.4. The Kier molecular flexibility index (Phi) is 4.31. The van der Waals surface area contributed by atoms with Crippen molar-refractivity contribution in [1.29, 1.82) is 0 Å². The third-order valence-electron chi connectivity index (χ3n) is 3.95. The molecule has 1 unspecified atom stereocenters. The Bertz CT molecular complexity index is 821. The van der Waals surface area contributed by atoms with Crippen LogP contribution in [0.4, 0.5) is 0 Å². The van der Waals surface area contributed by atoms with Crippen LogP contribution in [0.25, 0.3) is 10.8 Å². The number of Topliss-reactive ketones (excluding diaryl/α,β-unsaturated/α-hetero) is 1. The number of hydrogen-bond acceptors (Lipinski definition) is 5. The molecule has 0 saturated heterocycles. The van der Waals surface area contributed by atoms with Gasteiger partial charge < -0.3 is 19.8 Å². The van der Waals surface area contributed by atoms with Gasteiger partial charge in [-0.05, 0) is 29.3 Å². The van der Waals surface area contributed by atoms with Crippen LogP contribution in [0.5, 0.6) is 0 Å². The van der Waals surface area contributed by atoms with E-state index < -0.39 is 35.1 Å². The number of ketones is 1. The highest BCUT2D eigenvalue weighted by Gasteiger charge is 2.33. The van der Waals surface area contributed by atoms with Gasteiger partial charge in [0, 0.05) is 17.4 Å². The molecule has 0 N–H and O–H groups in total. The predicted octanol–water partition coefficient (Wildman–Crippen LogP) is 0.475. The Morgan fingerprint density at radius 3 is 2.22 bits per heavy atom. The normalized spacial score (nSPS) is 13.3. The maximum Gasteiger partial charge on any atom is 0.164 e. The third kappa shape index (κ3) is 3.13. The van der Waals surface area contributed by atoms with Crippen molar-refractivity contribution in [3.8, 4) is 0 Å². The molecule has 5 nitrogen and oxygen atoms in total. The number of hydrogen-bond donors (Lipinski definition) is 0. The van der Waals surface area contributed by atoms with E-state index in [2.05, 4.69) is 6.58 Å². The molecule has 0 saturated carbocycles. The van der Waals surface area contributed by atoms with Crippen LogP contribution in [0.15, 0.2) is 54.6 Å².